The molecule has 6 rings (SSSR count). The molecule has 160 valence electrons. The summed E-state index contributed by atoms with van der Waals surface area (Å²) in [6, 6.07) is 22.6. The molecule has 3 nitrogen and oxygen atoms in total. The van der Waals surface area contributed by atoms with Gasteiger partial charge in [0.1, 0.15) is 17.1 Å². The van der Waals surface area contributed by atoms with Crippen molar-refractivity contribution in [3.8, 4) is 0 Å². The van der Waals surface area contributed by atoms with E-state index >= 15 is 0 Å². The number of nitrogens with zero attached hydrogens (tertiary/aromatic N) is 3. The number of para-hydroxylation sites is 1. The Bertz CT molecular complexity index is 1410. The molecule has 0 saturated carbocycles. The van der Waals surface area contributed by atoms with Gasteiger partial charge in [-0.25, -0.2) is 0 Å². The molecule has 0 fully saturated rings. The molecule has 0 spiro atoms. The topological polar surface area (TPSA) is 10.4 Å². The maximum Gasteiger partial charge on any atom is 0.262 e. The molecule has 1 aromatic heterocycles. The summed E-state index contributed by atoms with van der Waals surface area (Å²) in [7, 11) is 0. The Kier molecular flexibility index (Phi) is 4.58. The predicted molar refractivity (Wildman–Crippen MR) is 137 cm³/mol. The molecule has 3 heterocycles. The number of fused-ring (bicyclic) bond motifs is 5. The Morgan fingerprint density at radius 2 is 1.69 bits per heavy atom. The quantitative estimate of drug-likeness (QED) is 0.327. The molecule has 1 unspecified atom stereocenters. The first-order valence-corrected chi connectivity index (χ1v) is 12.4. The molecule has 0 saturated heterocycles. The summed E-state index contributed by atoms with van der Waals surface area (Å²) >= 11 is 1.88. The number of benzene rings is 3. The summed E-state index contributed by atoms with van der Waals surface area (Å²) in [6.07, 6.45) is 5.78. The minimum absolute atomic E-state index is 0.460. The minimum atomic E-state index is 0.460. The van der Waals surface area contributed by atoms with Crippen molar-refractivity contribution in [2.24, 2.45) is 0 Å². The van der Waals surface area contributed by atoms with Gasteiger partial charge in [-0.15, -0.1) is 0 Å². The van der Waals surface area contributed by atoms with E-state index in [1.807, 2.05) is 11.3 Å². The molecular formula is C28H28N3S+. The third kappa shape index (κ3) is 2.82. The lowest BCUT2D eigenvalue weighted by atomic mass is 10.1. The van der Waals surface area contributed by atoms with E-state index in [1.54, 1.807) is 0 Å². The van der Waals surface area contributed by atoms with Crippen LogP contribution in [0.5, 0.6) is 0 Å². The second-order valence-electron chi connectivity index (χ2n) is 8.69. The number of thiazole rings is 1. The Labute approximate surface area is 193 Å². The van der Waals surface area contributed by atoms with Gasteiger partial charge in [-0.05, 0) is 67.8 Å². The van der Waals surface area contributed by atoms with Gasteiger partial charge in [0.15, 0.2) is 0 Å². The van der Waals surface area contributed by atoms with Crippen LogP contribution in [0.3, 0.4) is 0 Å². The van der Waals surface area contributed by atoms with Crippen LogP contribution in [0.25, 0.3) is 27.1 Å². The molecule has 3 aromatic carbocycles. The molecule has 4 aromatic rings. The average molecular weight is 439 g/mol. The Morgan fingerprint density at radius 3 is 2.44 bits per heavy atom. The van der Waals surface area contributed by atoms with Crippen LogP contribution in [0.1, 0.15) is 32.2 Å². The van der Waals surface area contributed by atoms with E-state index in [0.29, 0.717) is 6.04 Å². The van der Waals surface area contributed by atoms with Crippen molar-refractivity contribution in [1.82, 2.24) is 0 Å². The number of rotatable bonds is 4. The number of aryl methyl sites for hydroxylation is 1. The fraction of sp³-hybridized carbons (Fsp3) is 0.250. The van der Waals surface area contributed by atoms with Crippen molar-refractivity contribution in [3.05, 3.63) is 83.1 Å². The number of allylic oxidation sites excluding steroid dienone is 1. The van der Waals surface area contributed by atoms with Gasteiger partial charge < -0.3 is 9.80 Å². The summed E-state index contributed by atoms with van der Waals surface area (Å²) in [4.78, 5) is 5.06. The lowest BCUT2D eigenvalue weighted by Crippen LogP contribution is -2.33. The fourth-order valence-electron chi connectivity index (χ4n) is 5.40. The van der Waals surface area contributed by atoms with Crippen LogP contribution < -0.4 is 14.4 Å². The van der Waals surface area contributed by atoms with E-state index in [-0.39, 0.29) is 0 Å². The first-order chi connectivity index (χ1) is 15.7. The minimum Gasteiger partial charge on any atom is -0.326 e. The van der Waals surface area contributed by atoms with E-state index in [0.717, 1.165) is 19.5 Å². The van der Waals surface area contributed by atoms with Gasteiger partial charge in [-0.2, -0.15) is 4.57 Å². The summed E-state index contributed by atoms with van der Waals surface area (Å²) in [6.45, 7) is 8.80. The number of hydrogen-bond acceptors (Lipinski definition) is 3. The van der Waals surface area contributed by atoms with Crippen molar-refractivity contribution in [3.63, 3.8) is 0 Å². The standard InChI is InChI=1S/C28H28N3S/c1-4-29-23-12-8-9-13-26(23)32-27(29)15-14-22-16-19(3)31-25-18-21-11-7-6-10-20(21)17-24(25)30(5-2)28(22)31/h6-15,17-19H,4-5,16H2,1-3H3/q+1. The van der Waals surface area contributed by atoms with E-state index in [9.17, 15) is 0 Å². The third-order valence-corrected chi connectivity index (χ3v) is 7.95. The van der Waals surface area contributed by atoms with E-state index in [1.165, 1.54) is 48.8 Å². The zero-order valence-electron chi connectivity index (χ0n) is 18.9. The summed E-state index contributed by atoms with van der Waals surface area (Å²) < 4.78 is 3.77. The summed E-state index contributed by atoms with van der Waals surface area (Å²) in [5.41, 5.74) is 5.44. The predicted octanol–water partition coefficient (Wildman–Crippen LogP) is 6.73. The molecule has 0 amide bonds. The molecule has 0 radical (unpaired) electrons. The van der Waals surface area contributed by atoms with Crippen LogP contribution in [-0.4, -0.2) is 12.6 Å². The van der Waals surface area contributed by atoms with Crippen molar-refractivity contribution in [1.29, 1.82) is 0 Å². The van der Waals surface area contributed by atoms with Crippen LogP contribution in [0, 0.1) is 0 Å². The molecule has 0 bridgehead atoms. The normalized spacial score (nSPS) is 17.9. The lowest BCUT2D eigenvalue weighted by molar-refractivity contribution is -0.665. The fourth-order valence-corrected chi connectivity index (χ4v) is 6.52. The molecule has 0 N–H and O–H groups in total. The zero-order chi connectivity index (χ0) is 21.8. The van der Waals surface area contributed by atoms with Gasteiger partial charge in [0.25, 0.3) is 5.01 Å². The SMILES string of the molecule is CCN1C2=C(C=Cc3sc4ccccc4[n+]3CC)CC(C)N2c2cc3ccccc3cc21. The number of hydrogen-bond donors (Lipinski definition) is 0. The molecule has 1 atom stereocenters. The smallest absolute Gasteiger partial charge is 0.262 e. The van der Waals surface area contributed by atoms with Crippen molar-refractivity contribution in [2.75, 3.05) is 16.3 Å². The van der Waals surface area contributed by atoms with Gasteiger partial charge in [0.05, 0.1) is 11.4 Å². The zero-order valence-corrected chi connectivity index (χ0v) is 19.7. The van der Waals surface area contributed by atoms with Crippen LogP contribution >= 0.6 is 11.3 Å². The van der Waals surface area contributed by atoms with Crippen molar-refractivity contribution < 1.29 is 4.57 Å². The average Bonchev–Trinajstić information content (AvgIpc) is 3.45. The maximum atomic E-state index is 2.56. The highest BCUT2D eigenvalue weighted by Gasteiger charge is 2.40. The first kappa shape index (κ1) is 19.6. The second-order valence-corrected chi connectivity index (χ2v) is 9.75. The largest absolute Gasteiger partial charge is 0.326 e. The van der Waals surface area contributed by atoms with Gasteiger partial charge in [0.2, 0.25) is 5.52 Å². The number of anilines is 2. The van der Waals surface area contributed by atoms with Crippen LogP contribution in [-0.2, 0) is 6.54 Å². The highest BCUT2D eigenvalue weighted by Crippen LogP contribution is 2.50. The molecule has 32 heavy (non-hydrogen) atoms. The molecule has 2 aliphatic rings. The highest BCUT2D eigenvalue weighted by molar-refractivity contribution is 7.18. The number of aromatic nitrogens is 1. The summed E-state index contributed by atoms with van der Waals surface area (Å²) in [5.74, 6) is 1.37. The van der Waals surface area contributed by atoms with Gasteiger partial charge in [-0.3, -0.25) is 0 Å². The van der Waals surface area contributed by atoms with Gasteiger partial charge in [-0.1, -0.05) is 47.7 Å². The van der Waals surface area contributed by atoms with Crippen molar-refractivity contribution >= 4 is 49.8 Å². The van der Waals surface area contributed by atoms with Crippen LogP contribution in [0.2, 0.25) is 0 Å². The Balaban J connectivity index is 1.46. The second kappa shape index (κ2) is 7.49. The van der Waals surface area contributed by atoms with E-state index in [4.69, 9.17) is 0 Å². The van der Waals surface area contributed by atoms with Crippen LogP contribution in [0.15, 0.2) is 78.1 Å². The van der Waals surface area contributed by atoms with Crippen molar-refractivity contribution in [2.45, 2.75) is 39.8 Å². The monoisotopic (exact) mass is 438 g/mol. The maximum absolute atomic E-state index is 2.56. The van der Waals surface area contributed by atoms with Gasteiger partial charge in [0, 0.05) is 24.7 Å². The Morgan fingerprint density at radius 1 is 0.969 bits per heavy atom. The third-order valence-electron chi connectivity index (χ3n) is 6.82. The van der Waals surface area contributed by atoms with Crippen LogP contribution in [0.4, 0.5) is 11.4 Å². The molecule has 2 aliphatic heterocycles. The van der Waals surface area contributed by atoms with E-state index < -0.39 is 0 Å². The van der Waals surface area contributed by atoms with Gasteiger partial charge >= 0.3 is 0 Å². The highest BCUT2D eigenvalue weighted by atomic mass is 32.1. The Hall–Kier alpha value is -3.11. The van der Waals surface area contributed by atoms with E-state index in [2.05, 4.69) is 108 Å². The molecular weight excluding hydrogens is 410 g/mol. The lowest BCUT2D eigenvalue weighted by Gasteiger charge is -2.23. The molecule has 0 aliphatic carbocycles. The first-order valence-electron chi connectivity index (χ1n) is 11.6. The molecule has 4 heteroatoms. The summed E-state index contributed by atoms with van der Waals surface area (Å²) in [5, 5.41) is 3.94.